The fourth-order valence-electron chi connectivity index (χ4n) is 4.84. The first-order chi connectivity index (χ1) is 12.4. The van der Waals surface area contributed by atoms with Crippen molar-refractivity contribution in [2.75, 3.05) is 0 Å². The van der Waals surface area contributed by atoms with Gasteiger partial charge in [-0.15, -0.1) is 0 Å². The summed E-state index contributed by atoms with van der Waals surface area (Å²) in [5.74, 6) is -2.88. The highest BCUT2D eigenvalue weighted by atomic mass is 19.3. The van der Waals surface area contributed by atoms with Crippen molar-refractivity contribution in [1.82, 2.24) is 20.5 Å². The number of alkyl halides is 2. The number of aromatic nitrogens is 2. The summed E-state index contributed by atoms with van der Waals surface area (Å²) in [4.78, 5) is 14.9. The molecule has 1 saturated carbocycles. The van der Waals surface area contributed by atoms with E-state index in [1.807, 2.05) is 6.92 Å². The minimum Gasteiger partial charge on any atom is -0.353 e. The third kappa shape index (κ3) is 3.61. The van der Waals surface area contributed by atoms with E-state index in [0.717, 1.165) is 43.6 Å². The Morgan fingerprint density at radius 1 is 1.19 bits per heavy atom. The van der Waals surface area contributed by atoms with Gasteiger partial charge >= 0.3 is 0 Å². The Morgan fingerprint density at radius 2 is 1.85 bits per heavy atom. The van der Waals surface area contributed by atoms with E-state index < -0.39 is 5.92 Å². The number of hydrogen-bond acceptors (Lipinski definition) is 5. The number of hydrogen-bond donors (Lipinski definition) is 1. The largest absolute Gasteiger partial charge is 0.353 e. The lowest BCUT2D eigenvalue weighted by Crippen LogP contribution is -2.51. The molecule has 2 saturated heterocycles. The molecule has 3 heterocycles. The van der Waals surface area contributed by atoms with Crippen molar-refractivity contribution in [1.29, 1.82) is 0 Å². The molecule has 4 rings (SSSR count). The molecule has 0 radical (unpaired) electrons. The molecule has 6 nitrogen and oxygen atoms in total. The monoisotopic (exact) mass is 368 g/mol. The van der Waals surface area contributed by atoms with Gasteiger partial charge in [0.15, 0.2) is 0 Å². The highest BCUT2D eigenvalue weighted by Crippen LogP contribution is 2.38. The number of rotatable bonds is 4. The first kappa shape index (κ1) is 17.8. The van der Waals surface area contributed by atoms with Crippen LogP contribution >= 0.6 is 0 Å². The Kier molecular flexibility index (Phi) is 4.71. The Bertz CT molecular complexity index is 641. The zero-order valence-electron chi connectivity index (χ0n) is 15.1. The van der Waals surface area contributed by atoms with Crippen LogP contribution in [-0.4, -0.2) is 45.2 Å². The smallest absolute Gasteiger partial charge is 0.248 e. The fourth-order valence-corrected chi connectivity index (χ4v) is 4.84. The number of fused-ring (bicyclic) bond motifs is 2. The summed E-state index contributed by atoms with van der Waals surface area (Å²) in [7, 11) is 0. The van der Waals surface area contributed by atoms with Crippen molar-refractivity contribution in [3.05, 3.63) is 11.4 Å². The molecular formula is C18H26F2N4O2. The molecule has 2 bridgehead atoms. The zero-order valence-corrected chi connectivity index (χ0v) is 15.1. The molecule has 1 aromatic heterocycles. The summed E-state index contributed by atoms with van der Waals surface area (Å²) in [6.07, 6.45) is 4.32. The van der Waals surface area contributed by atoms with E-state index >= 15 is 0 Å². The Balaban J connectivity index is 1.31. The van der Waals surface area contributed by atoms with Crippen LogP contribution < -0.4 is 5.32 Å². The molecule has 1 aliphatic carbocycles. The highest BCUT2D eigenvalue weighted by Gasteiger charge is 2.43. The molecule has 144 valence electrons. The third-order valence-corrected chi connectivity index (χ3v) is 6.40. The van der Waals surface area contributed by atoms with Crippen molar-refractivity contribution in [3.8, 4) is 0 Å². The second kappa shape index (κ2) is 6.87. The number of aryl methyl sites for hydroxylation is 1. The van der Waals surface area contributed by atoms with Crippen molar-refractivity contribution >= 4 is 5.91 Å². The van der Waals surface area contributed by atoms with Gasteiger partial charge in [-0.1, -0.05) is 10.3 Å². The van der Waals surface area contributed by atoms with E-state index in [2.05, 4.69) is 20.5 Å². The van der Waals surface area contributed by atoms with Crippen LogP contribution in [0.5, 0.6) is 0 Å². The summed E-state index contributed by atoms with van der Waals surface area (Å²) in [6, 6.07) is 0.992. The van der Waals surface area contributed by atoms with Crippen LogP contribution in [0, 0.1) is 12.8 Å². The number of nitrogens with one attached hydrogen (secondary N) is 1. The number of amides is 1. The van der Waals surface area contributed by atoms with Crippen LogP contribution in [0.15, 0.2) is 4.63 Å². The first-order valence-electron chi connectivity index (χ1n) is 9.63. The van der Waals surface area contributed by atoms with Gasteiger partial charge < -0.3 is 5.32 Å². The summed E-state index contributed by atoms with van der Waals surface area (Å²) in [5.41, 5.74) is 1.71. The average molecular weight is 368 g/mol. The molecule has 0 aromatic carbocycles. The molecule has 1 aromatic rings. The van der Waals surface area contributed by atoms with Gasteiger partial charge in [0.1, 0.15) is 11.4 Å². The molecule has 26 heavy (non-hydrogen) atoms. The van der Waals surface area contributed by atoms with E-state index in [-0.39, 0.29) is 30.7 Å². The predicted octanol–water partition coefficient (Wildman–Crippen LogP) is 2.82. The average Bonchev–Trinajstić information content (AvgIpc) is 3.08. The number of halogens is 2. The Labute approximate surface area is 151 Å². The van der Waals surface area contributed by atoms with Crippen LogP contribution in [0.2, 0.25) is 0 Å². The SMILES string of the molecule is Cc1nonc1CN1C2CCC1CC(NC(=O)C1CCC(F)(F)CC1)C2. The quantitative estimate of drug-likeness (QED) is 0.885. The van der Waals surface area contributed by atoms with Gasteiger partial charge in [-0.2, -0.15) is 0 Å². The van der Waals surface area contributed by atoms with E-state index in [9.17, 15) is 13.6 Å². The standard InChI is InChI=1S/C18H26F2N4O2/c1-11-16(23-26-22-11)10-24-14-2-3-15(24)9-13(8-14)21-17(25)12-4-6-18(19,20)7-5-12/h12-15H,2-10H2,1H3,(H,21,25). The van der Waals surface area contributed by atoms with Gasteiger partial charge in [-0.3, -0.25) is 9.69 Å². The molecule has 2 aliphatic heterocycles. The molecule has 8 heteroatoms. The van der Waals surface area contributed by atoms with Crippen LogP contribution in [-0.2, 0) is 11.3 Å². The maximum atomic E-state index is 13.3. The molecule has 3 aliphatic rings. The van der Waals surface area contributed by atoms with Crippen LogP contribution in [0.3, 0.4) is 0 Å². The molecule has 0 spiro atoms. The van der Waals surface area contributed by atoms with E-state index in [1.54, 1.807) is 0 Å². The summed E-state index contributed by atoms with van der Waals surface area (Å²) < 4.78 is 31.4. The van der Waals surface area contributed by atoms with E-state index in [0.29, 0.717) is 24.9 Å². The summed E-state index contributed by atoms with van der Waals surface area (Å²) in [5, 5.41) is 11.0. The van der Waals surface area contributed by atoms with Crippen molar-refractivity contribution in [3.63, 3.8) is 0 Å². The first-order valence-corrected chi connectivity index (χ1v) is 9.63. The van der Waals surface area contributed by atoms with E-state index in [1.165, 1.54) is 0 Å². The van der Waals surface area contributed by atoms with Gasteiger partial charge in [0.25, 0.3) is 0 Å². The van der Waals surface area contributed by atoms with Crippen molar-refractivity contribution < 1.29 is 18.2 Å². The van der Waals surface area contributed by atoms with Crippen LogP contribution in [0.1, 0.15) is 62.8 Å². The summed E-state index contributed by atoms with van der Waals surface area (Å²) in [6.45, 7) is 2.64. The van der Waals surface area contributed by atoms with Crippen molar-refractivity contribution in [2.24, 2.45) is 5.92 Å². The minimum absolute atomic E-state index is 0.0325. The molecule has 1 N–H and O–H groups in total. The molecule has 1 amide bonds. The normalized spacial score (nSPS) is 31.9. The van der Waals surface area contributed by atoms with E-state index in [4.69, 9.17) is 4.63 Å². The minimum atomic E-state index is -2.59. The fraction of sp³-hybridized carbons (Fsp3) is 0.833. The highest BCUT2D eigenvalue weighted by molar-refractivity contribution is 5.79. The van der Waals surface area contributed by atoms with Crippen molar-refractivity contribution in [2.45, 2.75) is 88.9 Å². The second-order valence-corrected chi connectivity index (χ2v) is 8.16. The lowest BCUT2D eigenvalue weighted by molar-refractivity contribution is -0.130. The van der Waals surface area contributed by atoms with Gasteiger partial charge in [-0.05, 0) is 45.4 Å². The number of carbonyl (C=O) groups excluding carboxylic acids is 1. The predicted molar refractivity (Wildman–Crippen MR) is 89.5 cm³/mol. The second-order valence-electron chi connectivity index (χ2n) is 8.16. The lowest BCUT2D eigenvalue weighted by Gasteiger charge is -2.39. The number of piperidine rings is 1. The molecular weight excluding hydrogens is 342 g/mol. The third-order valence-electron chi connectivity index (χ3n) is 6.40. The topological polar surface area (TPSA) is 71.3 Å². The van der Waals surface area contributed by atoms with Crippen LogP contribution in [0.4, 0.5) is 8.78 Å². The Hall–Kier alpha value is -1.57. The lowest BCUT2D eigenvalue weighted by atomic mass is 9.85. The Morgan fingerprint density at radius 3 is 2.42 bits per heavy atom. The number of nitrogens with zero attached hydrogens (tertiary/aromatic N) is 3. The number of carbonyl (C=O) groups is 1. The summed E-state index contributed by atoms with van der Waals surface area (Å²) >= 11 is 0. The van der Waals surface area contributed by atoms with Gasteiger partial charge in [0.05, 0.1) is 0 Å². The van der Waals surface area contributed by atoms with Gasteiger partial charge in [-0.25, -0.2) is 13.4 Å². The zero-order chi connectivity index (χ0) is 18.3. The molecule has 3 fully saturated rings. The maximum Gasteiger partial charge on any atom is 0.248 e. The maximum absolute atomic E-state index is 13.3. The molecule has 2 unspecified atom stereocenters. The van der Waals surface area contributed by atoms with Gasteiger partial charge in [0, 0.05) is 43.4 Å². The van der Waals surface area contributed by atoms with Crippen LogP contribution in [0.25, 0.3) is 0 Å². The molecule has 2 atom stereocenters. The van der Waals surface area contributed by atoms with Gasteiger partial charge in [0.2, 0.25) is 11.8 Å².